The standard InChI is InChI=1S/C14H21FN2O/c1-14(2,3)10-17-13(18)16-9-8-11-4-6-12(15)7-5-11/h4-7H,8-10H2,1-3H3,(H2,16,17,18). The van der Waals surface area contributed by atoms with Crippen molar-refractivity contribution in [1.29, 1.82) is 0 Å². The molecular weight excluding hydrogens is 231 g/mol. The van der Waals surface area contributed by atoms with Gasteiger partial charge in [-0.25, -0.2) is 9.18 Å². The van der Waals surface area contributed by atoms with Gasteiger partial charge < -0.3 is 10.6 Å². The molecule has 2 amide bonds. The zero-order chi connectivity index (χ0) is 13.6. The van der Waals surface area contributed by atoms with Crippen LogP contribution in [0.5, 0.6) is 0 Å². The summed E-state index contributed by atoms with van der Waals surface area (Å²) in [7, 11) is 0. The van der Waals surface area contributed by atoms with Crippen LogP contribution in [0.4, 0.5) is 9.18 Å². The molecule has 1 aromatic rings. The second kappa shape index (κ2) is 6.38. The predicted molar refractivity (Wildman–Crippen MR) is 71.0 cm³/mol. The zero-order valence-corrected chi connectivity index (χ0v) is 11.2. The SMILES string of the molecule is CC(C)(C)CNC(=O)NCCc1ccc(F)cc1. The van der Waals surface area contributed by atoms with E-state index >= 15 is 0 Å². The van der Waals surface area contributed by atoms with Gasteiger partial charge in [0.05, 0.1) is 0 Å². The molecule has 0 aliphatic heterocycles. The Labute approximate surface area is 108 Å². The summed E-state index contributed by atoms with van der Waals surface area (Å²) in [6, 6.07) is 6.14. The van der Waals surface area contributed by atoms with Crippen LogP contribution in [0.2, 0.25) is 0 Å². The number of nitrogens with one attached hydrogen (secondary N) is 2. The lowest BCUT2D eigenvalue weighted by atomic mass is 9.97. The Kier molecular flexibility index (Phi) is 5.13. The molecule has 3 nitrogen and oxygen atoms in total. The van der Waals surface area contributed by atoms with E-state index in [0.29, 0.717) is 19.5 Å². The highest BCUT2D eigenvalue weighted by atomic mass is 19.1. The molecule has 1 aromatic carbocycles. The molecule has 1 rings (SSSR count). The summed E-state index contributed by atoms with van der Waals surface area (Å²) in [5.41, 5.74) is 1.08. The fourth-order valence-corrected chi connectivity index (χ4v) is 1.38. The van der Waals surface area contributed by atoms with Crippen molar-refractivity contribution >= 4 is 6.03 Å². The summed E-state index contributed by atoms with van der Waals surface area (Å²) in [5.74, 6) is -0.241. The van der Waals surface area contributed by atoms with Gasteiger partial charge >= 0.3 is 6.03 Å². The quantitative estimate of drug-likeness (QED) is 0.850. The van der Waals surface area contributed by atoms with Crippen molar-refractivity contribution in [3.8, 4) is 0 Å². The van der Waals surface area contributed by atoms with Crippen molar-refractivity contribution in [2.45, 2.75) is 27.2 Å². The van der Waals surface area contributed by atoms with Gasteiger partial charge in [0.15, 0.2) is 0 Å². The van der Waals surface area contributed by atoms with E-state index in [0.717, 1.165) is 5.56 Å². The Bertz CT molecular complexity index is 382. The summed E-state index contributed by atoms with van der Waals surface area (Å²) in [6.45, 7) is 7.36. The van der Waals surface area contributed by atoms with Gasteiger partial charge in [0, 0.05) is 13.1 Å². The third kappa shape index (κ3) is 6.23. The highest BCUT2D eigenvalue weighted by Gasteiger charge is 2.11. The van der Waals surface area contributed by atoms with Crippen LogP contribution in [0.3, 0.4) is 0 Å². The van der Waals surface area contributed by atoms with Crippen LogP contribution in [0.15, 0.2) is 24.3 Å². The first-order valence-corrected chi connectivity index (χ1v) is 6.13. The molecule has 18 heavy (non-hydrogen) atoms. The minimum absolute atomic E-state index is 0.0777. The van der Waals surface area contributed by atoms with Crippen LogP contribution in [-0.4, -0.2) is 19.1 Å². The predicted octanol–water partition coefficient (Wildman–Crippen LogP) is 2.71. The smallest absolute Gasteiger partial charge is 0.314 e. The summed E-state index contributed by atoms with van der Waals surface area (Å²) in [4.78, 5) is 11.5. The topological polar surface area (TPSA) is 41.1 Å². The zero-order valence-electron chi connectivity index (χ0n) is 11.2. The van der Waals surface area contributed by atoms with Crippen LogP contribution in [-0.2, 0) is 6.42 Å². The van der Waals surface area contributed by atoms with Gasteiger partial charge in [-0.2, -0.15) is 0 Å². The van der Waals surface area contributed by atoms with Gasteiger partial charge in [-0.3, -0.25) is 0 Å². The van der Waals surface area contributed by atoms with Crippen molar-refractivity contribution in [3.05, 3.63) is 35.6 Å². The number of carbonyl (C=O) groups excluding carboxylic acids is 1. The molecule has 0 saturated carbocycles. The molecule has 0 spiro atoms. The summed E-state index contributed by atoms with van der Waals surface area (Å²) in [6.07, 6.45) is 0.698. The highest BCUT2D eigenvalue weighted by Crippen LogP contribution is 2.09. The first-order chi connectivity index (χ1) is 8.37. The summed E-state index contributed by atoms with van der Waals surface area (Å²) < 4.78 is 12.7. The Morgan fingerprint density at radius 1 is 1.17 bits per heavy atom. The molecule has 0 aromatic heterocycles. The molecule has 2 N–H and O–H groups in total. The lowest BCUT2D eigenvalue weighted by Crippen LogP contribution is -2.40. The Morgan fingerprint density at radius 2 is 1.78 bits per heavy atom. The molecule has 4 heteroatoms. The largest absolute Gasteiger partial charge is 0.338 e. The molecular formula is C14H21FN2O. The Hall–Kier alpha value is -1.58. The number of urea groups is 1. The van der Waals surface area contributed by atoms with Crippen LogP contribution in [0.25, 0.3) is 0 Å². The minimum atomic E-state index is -0.241. The number of carbonyl (C=O) groups is 1. The van der Waals surface area contributed by atoms with E-state index in [1.165, 1.54) is 12.1 Å². The van der Waals surface area contributed by atoms with Crippen LogP contribution < -0.4 is 10.6 Å². The number of halogens is 1. The maximum absolute atomic E-state index is 12.7. The molecule has 0 radical (unpaired) electrons. The van der Waals surface area contributed by atoms with E-state index in [1.54, 1.807) is 12.1 Å². The fraction of sp³-hybridized carbons (Fsp3) is 0.500. The normalized spacial score (nSPS) is 11.1. The molecule has 0 heterocycles. The Morgan fingerprint density at radius 3 is 2.33 bits per heavy atom. The number of amides is 2. The number of hydrogen-bond donors (Lipinski definition) is 2. The highest BCUT2D eigenvalue weighted by molar-refractivity contribution is 5.73. The maximum atomic E-state index is 12.7. The van der Waals surface area contributed by atoms with E-state index in [-0.39, 0.29) is 17.3 Å². The van der Waals surface area contributed by atoms with Crippen LogP contribution >= 0.6 is 0 Å². The monoisotopic (exact) mass is 252 g/mol. The van der Waals surface area contributed by atoms with E-state index in [4.69, 9.17) is 0 Å². The van der Waals surface area contributed by atoms with Gasteiger partial charge in [-0.05, 0) is 29.5 Å². The van der Waals surface area contributed by atoms with Gasteiger partial charge in [0.25, 0.3) is 0 Å². The van der Waals surface area contributed by atoms with E-state index in [9.17, 15) is 9.18 Å². The maximum Gasteiger partial charge on any atom is 0.314 e. The van der Waals surface area contributed by atoms with E-state index < -0.39 is 0 Å². The third-order valence-corrected chi connectivity index (χ3v) is 2.39. The van der Waals surface area contributed by atoms with Crippen LogP contribution in [0, 0.1) is 11.2 Å². The lowest BCUT2D eigenvalue weighted by molar-refractivity contribution is 0.235. The lowest BCUT2D eigenvalue weighted by Gasteiger charge is -2.18. The minimum Gasteiger partial charge on any atom is -0.338 e. The van der Waals surface area contributed by atoms with Crippen molar-refractivity contribution in [2.75, 3.05) is 13.1 Å². The van der Waals surface area contributed by atoms with E-state index in [2.05, 4.69) is 31.4 Å². The first-order valence-electron chi connectivity index (χ1n) is 6.13. The molecule has 0 aliphatic rings. The van der Waals surface area contributed by atoms with Gasteiger partial charge in [-0.1, -0.05) is 32.9 Å². The third-order valence-electron chi connectivity index (χ3n) is 2.39. The Balaban J connectivity index is 2.21. The van der Waals surface area contributed by atoms with Gasteiger partial charge in [0.2, 0.25) is 0 Å². The molecule has 0 saturated heterocycles. The van der Waals surface area contributed by atoms with E-state index in [1.807, 2.05) is 0 Å². The molecule has 100 valence electrons. The first kappa shape index (κ1) is 14.5. The molecule has 0 bridgehead atoms. The summed E-state index contributed by atoms with van der Waals surface area (Å²) >= 11 is 0. The second-order valence-corrected chi connectivity index (χ2v) is 5.55. The number of hydrogen-bond acceptors (Lipinski definition) is 1. The molecule has 0 aliphatic carbocycles. The van der Waals surface area contributed by atoms with Crippen molar-refractivity contribution in [2.24, 2.45) is 5.41 Å². The molecule has 0 fully saturated rings. The van der Waals surface area contributed by atoms with Crippen molar-refractivity contribution in [1.82, 2.24) is 10.6 Å². The van der Waals surface area contributed by atoms with Gasteiger partial charge in [-0.15, -0.1) is 0 Å². The van der Waals surface area contributed by atoms with Crippen molar-refractivity contribution < 1.29 is 9.18 Å². The molecule has 0 atom stereocenters. The van der Waals surface area contributed by atoms with Gasteiger partial charge in [0.1, 0.15) is 5.82 Å². The molecule has 0 unspecified atom stereocenters. The van der Waals surface area contributed by atoms with Crippen LogP contribution in [0.1, 0.15) is 26.3 Å². The average Bonchev–Trinajstić information content (AvgIpc) is 2.28. The fourth-order valence-electron chi connectivity index (χ4n) is 1.38. The van der Waals surface area contributed by atoms with Crippen molar-refractivity contribution in [3.63, 3.8) is 0 Å². The average molecular weight is 252 g/mol. The summed E-state index contributed by atoms with van der Waals surface area (Å²) in [5, 5.41) is 5.58. The number of benzene rings is 1. The second-order valence-electron chi connectivity index (χ2n) is 5.55. The number of rotatable bonds is 4.